The molecule has 0 radical (unpaired) electrons. The number of nitro benzene ring substituents is 1. The van der Waals surface area contributed by atoms with E-state index in [1.54, 1.807) is 30.9 Å². The number of ether oxygens (including phenoxy) is 2. The molecule has 1 amide bonds. The van der Waals surface area contributed by atoms with Crippen LogP contribution in [0.4, 0.5) is 5.69 Å². The van der Waals surface area contributed by atoms with Gasteiger partial charge in [0.05, 0.1) is 41.4 Å². The zero-order valence-corrected chi connectivity index (χ0v) is 19.8. The van der Waals surface area contributed by atoms with Crippen LogP contribution in [0, 0.1) is 10.1 Å². The fourth-order valence-corrected chi connectivity index (χ4v) is 5.19. The summed E-state index contributed by atoms with van der Waals surface area (Å²) in [7, 11) is 0. The zero-order chi connectivity index (χ0) is 24.2. The number of nitrogens with one attached hydrogen (secondary N) is 1. The third kappa shape index (κ3) is 5.00. The van der Waals surface area contributed by atoms with E-state index in [9.17, 15) is 19.7 Å². The van der Waals surface area contributed by atoms with Gasteiger partial charge in [-0.05, 0) is 37.7 Å². The molecule has 1 aromatic rings. The molecule has 1 aromatic carbocycles. The third-order valence-corrected chi connectivity index (χ3v) is 6.67. The normalized spacial score (nSPS) is 21.6. The molecule has 11 heteroatoms. The quantitative estimate of drug-likeness (QED) is 0.337. The summed E-state index contributed by atoms with van der Waals surface area (Å²) in [5.41, 5.74) is 1.87. The van der Waals surface area contributed by atoms with Gasteiger partial charge < -0.3 is 19.7 Å². The Hall–Kier alpha value is -3.18. The van der Waals surface area contributed by atoms with Crippen LogP contribution in [0.15, 0.2) is 51.6 Å². The average Bonchev–Trinajstić information content (AvgIpc) is 3.47. The van der Waals surface area contributed by atoms with Crippen molar-refractivity contribution in [3.05, 3.63) is 62.3 Å². The van der Waals surface area contributed by atoms with Crippen molar-refractivity contribution in [2.75, 3.05) is 19.8 Å². The van der Waals surface area contributed by atoms with Gasteiger partial charge in [-0.15, -0.1) is 0 Å². The standard InChI is InChI=1S/C23H26N4O6S/c1-3-32-22(29)20-14(2)25-23-26(21(20)15-6-4-7-16(10-15)27(30)31)17(13-34-23)11-19(28)24-12-18-8-5-9-33-18/h4,6-7,10,13,18,21H,3,5,8-9,11-12H2,1-2H3,(H,24,28)/t18-,21-/m1/s1. The summed E-state index contributed by atoms with van der Waals surface area (Å²) in [6, 6.07) is 5.44. The molecular formula is C23H26N4O6S. The number of rotatable bonds is 8. The van der Waals surface area contributed by atoms with Gasteiger partial charge >= 0.3 is 5.97 Å². The Kier molecular flexibility index (Phi) is 7.32. The fraction of sp³-hybridized carbons (Fsp3) is 0.435. The first-order valence-corrected chi connectivity index (χ1v) is 12.0. The van der Waals surface area contributed by atoms with Crippen molar-refractivity contribution in [2.24, 2.45) is 4.99 Å². The van der Waals surface area contributed by atoms with Crippen molar-refractivity contribution in [3.63, 3.8) is 0 Å². The van der Waals surface area contributed by atoms with Crippen LogP contribution in [0.25, 0.3) is 0 Å². The first kappa shape index (κ1) is 24.0. The van der Waals surface area contributed by atoms with E-state index in [0.717, 1.165) is 12.8 Å². The molecule has 10 nitrogen and oxygen atoms in total. The van der Waals surface area contributed by atoms with Crippen LogP contribution in [0.1, 0.15) is 44.7 Å². The van der Waals surface area contributed by atoms with Crippen LogP contribution in [0.3, 0.4) is 0 Å². The molecule has 4 rings (SSSR count). The van der Waals surface area contributed by atoms with Crippen molar-refractivity contribution >= 4 is 34.5 Å². The Morgan fingerprint density at radius 1 is 1.41 bits per heavy atom. The minimum atomic E-state index is -0.710. The number of allylic oxidation sites excluding steroid dienone is 1. The summed E-state index contributed by atoms with van der Waals surface area (Å²) < 4.78 is 10.9. The molecule has 3 aliphatic rings. The summed E-state index contributed by atoms with van der Waals surface area (Å²) in [6.45, 7) is 4.76. The lowest BCUT2D eigenvalue weighted by Gasteiger charge is -2.36. The zero-order valence-electron chi connectivity index (χ0n) is 19.0. The maximum Gasteiger partial charge on any atom is 0.338 e. The highest BCUT2D eigenvalue weighted by Crippen LogP contribution is 2.45. The highest BCUT2D eigenvalue weighted by atomic mass is 32.2. The monoisotopic (exact) mass is 486 g/mol. The molecule has 0 aromatic heterocycles. The second kappa shape index (κ2) is 10.4. The van der Waals surface area contributed by atoms with Crippen molar-refractivity contribution in [2.45, 2.75) is 45.3 Å². The number of non-ortho nitro benzene ring substituents is 1. The van der Waals surface area contributed by atoms with Gasteiger partial charge in [-0.1, -0.05) is 23.9 Å². The Bertz CT molecular complexity index is 1090. The van der Waals surface area contributed by atoms with Crippen molar-refractivity contribution < 1.29 is 24.0 Å². The lowest BCUT2D eigenvalue weighted by atomic mass is 9.93. The number of hydrogen-bond donors (Lipinski definition) is 1. The fourth-order valence-electron chi connectivity index (χ4n) is 4.22. The minimum absolute atomic E-state index is 0.0293. The van der Waals surface area contributed by atoms with Crippen LogP contribution in [0.5, 0.6) is 0 Å². The van der Waals surface area contributed by atoms with E-state index >= 15 is 0 Å². The largest absolute Gasteiger partial charge is 0.463 e. The van der Waals surface area contributed by atoms with Crippen LogP contribution in [-0.4, -0.2) is 52.7 Å². The van der Waals surface area contributed by atoms with Crippen LogP contribution < -0.4 is 5.32 Å². The maximum atomic E-state index is 12.9. The van der Waals surface area contributed by atoms with E-state index in [1.165, 1.54) is 23.9 Å². The SMILES string of the molecule is CCOC(=O)C1=C(C)N=C2SC=C(CC(=O)NC[C@H]3CCCO3)N2[C@@H]1c1cccc([N+](=O)[O-])c1. The molecule has 1 fully saturated rings. The molecule has 34 heavy (non-hydrogen) atoms. The molecule has 0 unspecified atom stereocenters. The number of carbonyl (C=O) groups excluding carboxylic acids is 2. The highest BCUT2D eigenvalue weighted by Gasteiger charge is 2.41. The number of amidine groups is 1. The first-order chi connectivity index (χ1) is 16.4. The highest BCUT2D eigenvalue weighted by molar-refractivity contribution is 8.16. The number of benzene rings is 1. The molecular weight excluding hydrogens is 460 g/mol. The molecule has 180 valence electrons. The molecule has 0 spiro atoms. The van der Waals surface area contributed by atoms with Gasteiger partial charge in [-0.2, -0.15) is 0 Å². The molecule has 0 bridgehead atoms. The summed E-state index contributed by atoms with van der Waals surface area (Å²) in [6.07, 6.45) is 2.01. The number of amides is 1. The van der Waals surface area contributed by atoms with E-state index in [-0.39, 0.29) is 30.7 Å². The molecule has 0 saturated carbocycles. The van der Waals surface area contributed by atoms with Gasteiger partial charge in [-0.25, -0.2) is 9.79 Å². The number of esters is 1. The van der Waals surface area contributed by atoms with Crippen LogP contribution >= 0.6 is 11.8 Å². The number of aliphatic imine (C=N–C) groups is 1. The predicted octanol–water partition coefficient (Wildman–Crippen LogP) is 3.42. The number of thioether (sulfide) groups is 1. The smallest absolute Gasteiger partial charge is 0.338 e. The molecule has 0 aliphatic carbocycles. The van der Waals surface area contributed by atoms with Gasteiger partial charge in [0.1, 0.15) is 0 Å². The van der Waals surface area contributed by atoms with Gasteiger partial charge in [0, 0.05) is 31.0 Å². The first-order valence-electron chi connectivity index (χ1n) is 11.1. The van der Waals surface area contributed by atoms with E-state index in [2.05, 4.69) is 10.3 Å². The van der Waals surface area contributed by atoms with Crippen LogP contribution in [-0.2, 0) is 19.1 Å². The van der Waals surface area contributed by atoms with Crippen molar-refractivity contribution in [3.8, 4) is 0 Å². The molecule has 1 saturated heterocycles. The second-order valence-corrected chi connectivity index (χ2v) is 8.92. The third-order valence-electron chi connectivity index (χ3n) is 5.79. The average molecular weight is 487 g/mol. The van der Waals surface area contributed by atoms with Gasteiger partial charge in [0.2, 0.25) is 5.91 Å². The maximum absolute atomic E-state index is 12.9. The molecule has 3 aliphatic heterocycles. The summed E-state index contributed by atoms with van der Waals surface area (Å²) in [4.78, 5) is 43.0. The minimum Gasteiger partial charge on any atom is -0.463 e. The molecule has 1 N–H and O–H groups in total. The number of nitrogens with zero attached hydrogens (tertiary/aromatic N) is 3. The van der Waals surface area contributed by atoms with Gasteiger partial charge in [0.25, 0.3) is 5.69 Å². The Morgan fingerprint density at radius 2 is 2.24 bits per heavy atom. The lowest BCUT2D eigenvalue weighted by molar-refractivity contribution is -0.384. The van der Waals surface area contributed by atoms with E-state index in [4.69, 9.17) is 9.47 Å². The Labute approximate surface area is 201 Å². The second-order valence-electron chi connectivity index (χ2n) is 8.08. The van der Waals surface area contributed by atoms with E-state index < -0.39 is 16.9 Å². The topological polar surface area (TPSA) is 123 Å². The van der Waals surface area contributed by atoms with Gasteiger partial charge in [0.15, 0.2) is 5.17 Å². The number of fused-ring (bicyclic) bond motifs is 1. The van der Waals surface area contributed by atoms with E-state index in [1.807, 2.05) is 5.41 Å². The summed E-state index contributed by atoms with van der Waals surface area (Å²) in [5, 5.41) is 16.8. The number of hydrogen-bond acceptors (Lipinski definition) is 9. The lowest BCUT2D eigenvalue weighted by Crippen LogP contribution is -2.38. The van der Waals surface area contributed by atoms with Crippen molar-refractivity contribution in [1.29, 1.82) is 0 Å². The summed E-state index contributed by atoms with van der Waals surface area (Å²) >= 11 is 1.35. The Morgan fingerprint density at radius 3 is 2.94 bits per heavy atom. The number of nitro groups is 1. The summed E-state index contributed by atoms with van der Waals surface area (Å²) in [5.74, 6) is -0.719. The van der Waals surface area contributed by atoms with Crippen molar-refractivity contribution in [1.82, 2.24) is 10.2 Å². The van der Waals surface area contributed by atoms with Crippen LogP contribution in [0.2, 0.25) is 0 Å². The molecule has 3 heterocycles. The number of carbonyl (C=O) groups is 2. The molecule has 2 atom stereocenters. The van der Waals surface area contributed by atoms with Gasteiger partial charge in [-0.3, -0.25) is 14.9 Å². The van der Waals surface area contributed by atoms with E-state index in [0.29, 0.717) is 40.8 Å². The predicted molar refractivity (Wildman–Crippen MR) is 127 cm³/mol. The Balaban J connectivity index is 1.64.